The van der Waals surface area contributed by atoms with Crippen molar-refractivity contribution in [2.24, 2.45) is 0 Å². The van der Waals surface area contributed by atoms with Crippen molar-refractivity contribution in [2.75, 3.05) is 0 Å². The van der Waals surface area contributed by atoms with E-state index in [1.54, 1.807) is 6.07 Å². The highest BCUT2D eigenvalue weighted by Crippen LogP contribution is 2.34. The molecule has 0 saturated heterocycles. The molecule has 0 N–H and O–H groups in total. The molecule has 7 heteroatoms. The Morgan fingerprint density at radius 2 is 1.90 bits per heavy atom. The Morgan fingerprint density at radius 1 is 1.15 bits per heavy atom. The molecule has 0 spiro atoms. The summed E-state index contributed by atoms with van der Waals surface area (Å²) in [7, 11) is 0. The Kier molecular flexibility index (Phi) is 3.96. The van der Waals surface area contributed by atoms with E-state index in [0.717, 1.165) is 36.0 Å². The van der Waals surface area contributed by atoms with Gasteiger partial charge in [0.2, 0.25) is 0 Å². The van der Waals surface area contributed by atoms with Crippen molar-refractivity contribution in [3.8, 4) is 6.07 Å². The van der Waals surface area contributed by atoms with Crippen LogP contribution >= 0.6 is 11.8 Å². The average molecular weight is 292 g/mol. The summed E-state index contributed by atoms with van der Waals surface area (Å²) >= 11 is 0.840. The number of hydrogen-bond donors (Lipinski definition) is 0. The van der Waals surface area contributed by atoms with E-state index in [1.165, 1.54) is 12.1 Å². The van der Waals surface area contributed by atoms with Crippen molar-refractivity contribution in [3.63, 3.8) is 0 Å². The zero-order chi connectivity index (χ0) is 14.7. The minimum Gasteiger partial charge on any atom is -0.258 e. The maximum atomic E-state index is 13.5. The molecular weight excluding hydrogens is 286 g/mol. The van der Waals surface area contributed by atoms with Crippen molar-refractivity contribution in [2.45, 2.75) is 9.79 Å². The fourth-order valence-electron chi connectivity index (χ4n) is 1.48. The van der Waals surface area contributed by atoms with Gasteiger partial charge in [-0.2, -0.15) is 5.26 Å². The van der Waals surface area contributed by atoms with E-state index in [2.05, 4.69) is 0 Å². The summed E-state index contributed by atoms with van der Waals surface area (Å²) in [5.74, 6) is -1.23. The van der Waals surface area contributed by atoms with Crippen LogP contribution in [0.2, 0.25) is 0 Å². The number of rotatable bonds is 3. The first kappa shape index (κ1) is 14.0. The van der Waals surface area contributed by atoms with Crippen LogP contribution in [0.25, 0.3) is 0 Å². The smallest absolute Gasteiger partial charge is 0.258 e. The van der Waals surface area contributed by atoms with Gasteiger partial charge in [0, 0.05) is 17.0 Å². The second kappa shape index (κ2) is 5.67. The van der Waals surface area contributed by atoms with Crippen LogP contribution in [-0.4, -0.2) is 4.92 Å². The van der Waals surface area contributed by atoms with Gasteiger partial charge in [-0.3, -0.25) is 10.1 Å². The number of nitro groups is 1. The van der Waals surface area contributed by atoms with Gasteiger partial charge < -0.3 is 0 Å². The molecule has 20 heavy (non-hydrogen) atoms. The second-order valence-corrected chi connectivity index (χ2v) is 4.81. The van der Waals surface area contributed by atoms with Gasteiger partial charge in [-0.05, 0) is 24.3 Å². The second-order valence-electron chi connectivity index (χ2n) is 3.73. The lowest BCUT2D eigenvalue weighted by molar-refractivity contribution is -0.384. The summed E-state index contributed by atoms with van der Waals surface area (Å²) in [6.45, 7) is 0. The predicted molar refractivity (Wildman–Crippen MR) is 68.3 cm³/mol. The number of nitriles is 1. The standard InChI is InChI=1S/C13H6F2N2O2S/c14-9-1-3-11(15)13(6-9)20-12-4-2-10(17(18)19)5-8(12)7-16/h1-6H. The number of benzene rings is 2. The molecule has 0 unspecified atom stereocenters. The fraction of sp³-hybridized carbons (Fsp3) is 0. The quantitative estimate of drug-likeness (QED) is 0.635. The molecule has 0 aliphatic rings. The molecule has 2 aromatic carbocycles. The number of hydrogen-bond acceptors (Lipinski definition) is 4. The first-order valence-corrected chi connectivity index (χ1v) is 6.14. The van der Waals surface area contributed by atoms with Crippen LogP contribution in [0.15, 0.2) is 46.2 Å². The number of halogens is 2. The van der Waals surface area contributed by atoms with Gasteiger partial charge in [0.25, 0.3) is 5.69 Å². The lowest BCUT2D eigenvalue weighted by Crippen LogP contribution is -1.91. The summed E-state index contributed by atoms with van der Waals surface area (Å²) in [6, 6.07) is 8.42. The molecule has 100 valence electrons. The van der Waals surface area contributed by atoms with Crippen LogP contribution in [0.3, 0.4) is 0 Å². The molecular formula is C13H6F2N2O2S. The monoisotopic (exact) mass is 292 g/mol. The predicted octanol–water partition coefficient (Wildman–Crippen LogP) is 3.90. The Hall–Kier alpha value is -2.46. The van der Waals surface area contributed by atoms with Crippen LogP contribution in [0, 0.1) is 33.1 Å². The van der Waals surface area contributed by atoms with E-state index in [1.807, 2.05) is 0 Å². The largest absolute Gasteiger partial charge is 0.270 e. The molecule has 2 aromatic rings. The molecule has 0 bridgehead atoms. The third-order valence-corrected chi connectivity index (χ3v) is 3.52. The lowest BCUT2D eigenvalue weighted by Gasteiger charge is -2.05. The Balaban J connectivity index is 2.41. The lowest BCUT2D eigenvalue weighted by atomic mass is 10.2. The molecule has 0 amide bonds. The van der Waals surface area contributed by atoms with Gasteiger partial charge >= 0.3 is 0 Å². The van der Waals surface area contributed by atoms with E-state index in [4.69, 9.17) is 5.26 Å². The Labute approximate surface area is 116 Å². The Bertz CT molecular complexity index is 729. The van der Waals surface area contributed by atoms with E-state index < -0.39 is 16.6 Å². The third-order valence-electron chi connectivity index (χ3n) is 2.41. The first-order valence-electron chi connectivity index (χ1n) is 5.32. The van der Waals surface area contributed by atoms with Gasteiger partial charge in [-0.1, -0.05) is 11.8 Å². The summed E-state index contributed by atoms with van der Waals surface area (Å²) in [5, 5.41) is 19.6. The van der Waals surface area contributed by atoms with Gasteiger partial charge in [-0.15, -0.1) is 0 Å². The minimum absolute atomic E-state index is 0.00959. The van der Waals surface area contributed by atoms with Crippen LogP contribution in [0.5, 0.6) is 0 Å². The molecule has 0 aliphatic heterocycles. The highest BCUT2D eigenvalue weighted by molar-refractivity contribution is 7.99. The number of nitrogens with zero attached hydrogens (tertiary/aromatic N) is 2. The van der Waals surface area contributed by atoms with E-state index in [0.29, 0.717) is 4.90 Å². The highest BCUT2D eigenvalue weighted by Gasteiger charge is 2.13. The molecule has 0 fully saturated rings. The van der Waals surface area contributed by atoms with E-state index in [9.17, 15) is 18.9 Å². The minimum atomic E-state index is -0.627. The molecule has 4 nitrogen and oxygen atoms in total. The van der Waals surface area contributed by atoms with Gasteiger partial charge in [0.05, 0.1) is 15.4 Å². The fourth-order valence-corrected chi connectivity index (χ4v) is 2.41. The summed E-state index contributed by atoms with van der Waals surface area (Å²) in [6.07, 6.45) is 0. The number of nitro benzene ring substituents is 1. The normalized spacial score (nSPS) is 10.1. The van der Waals surface area contributed by atoms with Crippen molar-refractivity contribution < 1.29 is 13.7 Å². The van der Waals surface area contributed by atoms with Gasteiger partial charge in [-0.25, -0.2) is 8.78 Å². The molecule has 0 aromatic heterocycles. The zero-order valence-corrected chi connectivity index (χ0v) is 10.7. The Morgan fingerprint density at radius 3 is 2.55 bits per heavy atom. The van der Waals surface area contributed by atoms with Gasteiger partial charge in [0.15, 0.2) is 0 Å². The number of non-ortho nitro benzene ring substituents is 1. The topological polar surface area (TPSA) is 66.9 Å². The van der Waals surface area contributed by atoms with Crippen LogP contribution < -0.4 is 0 Å². The van der Waals surface area contributed by atoms with Crippen LogP contribution in [0.1, 0.15) is 5.56 Å². The molecule has 0 radical (unpaired) electrons. The molecule has 0 heterocycles. The average Bonchev–Trinajstić information content (AvgIpc) is 2.43. The third kappa shape index (κ3) is 2.92. The molecule has 2 rings (SSSR count). The van der Waals surface area contributed by atoms with E-state index in [-0.39, 0.29) is 16.1 Å². The van der Waals surface area contributed by atoms with Crippen molar-refractivity contribution in [1.82, 2.24) is 0 Å². The SMILES string of the molecule is N#Cc1cc([N+](=O)[O-])ccc1Sc1cc(F)ccc1F. The molecule has 0 saturated carbocycles. The molecule has 0 aliphatic carbocycles. The van der Waals surface area contributed by atoms with Gasteiger partial charge in [0.1, 0.15) is 17.7 Å². The summed E-state index contributed by atoms with van der Waals surface area (Å²) < 4.78 is 26.6. The highest BCUT2D eigenvalue weighted by atomic mass is 32.2. The zero-order valence-electron chi connectivity index (χ0n) is 9.84. The summed E-state index contributed by atoms with van der Waals surface area (Å²) in [4.78, 5) is 10.3. The van der Waals surface area contributed by atoms with Crippen molar-refractivity contribution in [1.29, 1.82) is 5.26 Å². The maximum absolute atomic E-state index is 13.5. The molecule has 0 atom stereocenters. The summed E-state index contributed by atoms with van der Waals surface area (Å²) in [5.41, 5.74) is -0.196. The van der Waals surface area contributed by atoms with Crippen molar-refractivity contribution >= 4 is 17.4 Å². The van der Waals surface area contributed by atoms with Crippen LogP contribution in [0.4, 0.5) is 14.5 Å². The van der Waals surface area contributed by atoms with Crippen molar-refractivity contribution in [3.05, 3.63) is 63.7 Å². The maximum Gasteiger partial charge on any atom is 0.270 e. The first-order chi connectivity index (χ1) is 9.51. The van der Waals surface area contributed by atoms with Crippen LogP contribution in [-0.2, 0) is 0 Å². The van der Waals surface area contributed by atoms with E-state index >= 15 is 0 Å².